The smallest absolute Gasteiger partial charge is 0.0642 e. The summed E-state index contributed by atoms with van der Waals surface area (Å²) >= 11 is 0. The van der Waals surface area contributed by atoms with Crippen LogP contribution in [0.25, 0.3) is 0 Å². The molecule has 1 saturated heterocycles. The van der Waals surface area contributed by atoms with E-state index in [9.17, 15) is 0 Å². The molecule has 0 saturated carbocycles. The summed E-state index contributed by atoms with van der Waals surface area (Å²) in [5.74, 6) is 0.704. The molecule has 141 valence electrons. The van der Waals surface area contributed by atoms with Crippen LogP contribution in [0.15, 0.2) is 42.5 Å². The zero-order valence-electron chi connectivity index (χ0n) is 16.3. The fraction of sp³-hybridized carbons (Fsp3) is 0.435. The van der Waals surface area contributed by atoms with Crippen molar-refractivity contribution in [1.82, 2.24) is 4.90 Å². The molecule has 3 nitrogen and oxygen atoms in total. The van der Waals surface area contributed by atoms with Crippen LogP contribution in [0.1, 0.15) is 29.9 Å². The van der Waals surface area contributed by atoms with Crippen LogP contribution in [0.5, 0.6) is 0 Å². The molecule has 2 atom stereocenters. The van der Waals surface area contributed by atoms with E-state index in [0.29, 0.717) is 5.92 Å². The van der Waals surface area contributed by atoms with E-state index in [1.165, 1.54) is 43.0 Å². The maximum absolute atomic E-state index is 4.00. The van der Waals surface area contributed by atoms with E-state index in [1.54, 1.807) is 5.56 Å². The molecule has 0 amide bonds. The molecule has 27 heavy (non-hydrogen) atoms. The molecule has 0 spiro atoms. The van der Waals surface area contributed by atoms with Crippen LogP contribution in [0.4, 0.5) is 11.4 Å². The summed E-state index contributed by atoms with van der Waals surface area (Å²) in [5.41, 5.74) is 5.71. The average Bonchev–Trinajstić information content (AvgIpc) is 2.99. The molecule has 0 aliphatic carbocycles. The van der Waals surface area contributed by atoms with E-state index in [2.05, 4.69) is 53.2 Å². The Morgan fingerprint density at radius 3 is 2.70 bits per heavy atom. The zero-order valence-corrected chi connectivity index (χ0v) is 19.2. The third-order valence-electron chi connectivity index (χ3n) is 5.84. The van der Waals surface area contributed by atoms with Crippen molar-refractivity contribution in [3.05, 3.63) is 66.6 Å². The summed E-state index contributed by atoms with van der Waals surface area (Å²) in [6.45, 7) is 11.9. The van der Waals surface area contributed by atoms with E-state index in [-0.39, 0.29) is 32.7 Å². The normalized spacial score (nSPS) is 22.5. The SMILES string of the molecule is Cc1cc[c-]cc1.[CH2-]CCN1CC[C@H]2[C@@H](C1)c1cccc3c1N2CCN3.[Y]. The van der Waals surface area contributed by atoms with Gasteiger partial charge in [-0.15, -0.1) is 0 Å². The van der Waals surface area contributed by atoms with Gasteiger partial charge < -0.3 is 22.0 Å². The molecule has 1 radical (unpaired) electrons. The Morgan fingerprint density at radius 1 is 1.19 bits per heavy atom. The minimum absolute atomic E-state index is 0. The molecule has 0 unspecified atom stereocenters. The van der Waals surface area contributed by atoms with Gasteiger partial charge in [0.25, 0.3) is 0 Å². The molecule has 5 rings (SSSR count). The largest absolute Gasteiger partial charge is 0.382 e. The number of likely N-dealkylation sites (tertiary alicyclic amines) is 1. The van der Waals surface area contributed by atoms with Crippen LogP contribution in [0.3, 0.4) is 0 Å². The van der Waals surface area contributed by atoms with Gasteiger partial charge >= 0.3 is 0 Å². The van der Waals surface area contributed by atoms with Gasteiger partial charge in [0, 0.05) is 70.8 Å². The standard InChI is InChI=1S/C16H22N3.C7H7.Y/c1-2-8-18-9-6-15-13(11-18)12-4-3-5-14-16(12)19(15)10-7-17-14;1-7-5-3-2-4-6-7;/h3-5,13,15,17H,1-2,6-11H2;3-6H,1H3;/q2*-1;/t13-,15-;;/m0../s1. The molecule has 0 bridgehead atoms. The van der Waals surface area contributed by atoms with Crippen LogP contribution >= 0.6 is 0 Å². The van der Waals surface area contributed by atoms with Crippen LogP contribution in [-0.2, 0) is 32.7 Å². The minimum Gasteiger partial charge on any atom is -0.382 e. The molecular weight excluding hydrogens is 407 g/mol. The maximum Gasteiger partial charge on any atom is 0.0642 e. The predicted octanol–water partition coefficient (Wildman–Crippen LogP) is 4.11. The Morgan fingerprint density at radius 2 is 2.00 bits per heavy atom. The number of anilines is 2. The van der Waals surface area contributed by atoms with Gasteiger partial charge in [-0.05, 0) is 24.6 Å². The average molecular weight is 436 g/mol. The Kier molecular flexibility index (Phi) is 7.36. The fourth-order valence-corrected chi connectivity index (χ4v) is 4.66. The second-order valence-electron chi connectivity index (χ2n) is 7.56. The van der Waals surface area contributed by atoms with Crippen molar-refractivity contribution < 1.29 is 32.7 Å². The first-order valence-electron chi connectivity index (χ1n) is 9.85. The molecule has 2 aromatic carbocycles. The van der Waals surface area contributed by atoms with Crippen molar-refractivity contribution in [2.24, 2.45) is 0 Å². The third-order valence-corrected chi connectivity index (χ3v) is 5.84. The van der Waals surface area contributed by atoms with E-state index in [4.69, 9.17) is 0 Å². The van der Waals surface area contributed by atoms with Crippen LogP contribution in [-0.4, -0.2) is 43.7 Å². The topological polar surface area (TPSA) is 18.5 Å². The van der Waals surface area contributed by atoms with Crippen molar-refractivity contribution in [2.45, 2.75) is 31.7 Å². The summed E-state index contributed by atoms with van der Waals surface area (Å²) < 4.78 is 0. The van der Waals surface area contributed by atoms with Crippen LogP contribution in [0.2, 0.25) is 0 Å². The number of para-hydroxylation sites is 1. The summed E-state index contributed by atoms with van der Waals surface area (Å²) in [6, 6.07) is 18.3. The number of nitrogens with zero attached hydrogens (tertiary/aromatic N) is 2. The van der Waals surface area contributed by atoms with Gasteiger partial charge in [-0.2, -0.15) is 42.3 Å². The molecule has 1 fully saturated rings. The van der Waals surface area contributed by atoms with E-state index >= 15 is 0 Å². The molecule has 3 aliphatic heterocycles. The first kappa shape index (κ1) is 20.8. The van der Waals surface area contributed by atoms with Crippen molar-refractivity contribution >= 4 is 11.4 Å². The molecule has 1 N–H and O–H groups in total. The fourth-order valence-electron chi connectivity index (χ4n) is 4.66. The predicted molar refractivity (Wildman–Crippen MR) is 110 cm³/mol. The Balaban J connectivity index is 0.000000225. The quantitative estimate of drug-likeness (QED) is 0.715. The summed E-state index contributed by atoms with van der Waals surface area (Å²) in [5, 5.41) is 3.55. The minimum atomic E-state index is 0. The maximum atomic E-state index is 4.00. The van der Waals surface area contributed by atoms with Crippen molar-refractivity contribution in [2.75, 3.05) is 42.9 Å². The van der Waals surface area contributed by atoms with Gasteiger partial charge in [0.2, 0.25) is 0 Å². The zero-order chi connectivity index (χ0) is 17.9. The Labute approximate surface area is 189 Å². The summed E-state index contributed by atoms with van der Waals surface area (Å²) in [4.78, 5) is 5.27. The van der Waals surface area contributed by atoms with Crippen molar-refractivity contribution in [1.29, 1.82) is 0 Å². The van der Waals surface area contributed by atoms with E-state index < -0.39 is 0 Å². The number of nitrogens with one attached hydrogen (secondary N) is 1. The van der Waals surface area contributed by atoms with Gasteiger partial charge in [0.1, 0.15) is 0 Å². The summed E-state index contributed by atoms with van der Waals surface area (Å²) in [6.07, 6.45) is 2.33. The third kappa shape index (κ3) is 4.41. The number of fused-ring (bicyclic) bond motifs is 3. The molecule has 4 heteroatoms. The van der Waals surface area contributed by atoms with Gasteiger partial charge in [-0.25, -0.2) is 0 Å². The van der Waals surface area contributed by atoms with Crippen molar-refractivity contribution in [3.8, 4) is 0 Å². The number of hydrogen-bond acceptors (Lipinski definition) is 3. The molecular formula is C23H29N3Y-2. The van der Waals surface area contributed by atoms with Gasteiger partial charge in [0.15, 0.2) is 0 Å². The first-order valence-corrected chi connectivity index (χ1v) is 9.85. The van der Waals surface area contributed by atoms with Crippen LogP contribution < -0.4 is 10.2 Å². The summed E-state index contributed by atoms with van der Waals surface area (Å²) in [7, 11) is 0. The number of aryl methyl sites for hydroxylation is 1. The number of benzene rings is 2. The second-order valence-corrected chi connectivity index (χ2v) is 7.56. The second kappa shape index (κ2) is 9.54. The Hall–Kier alpha value is -0.896. The molecule has 2 aromatic rings. The van der Waals surface area contributed by atoms with Crippen molar-refractivity contribution in [3.63, 3.8) is 0 Å². The molecule has 3 heterocycles. The monoisotopic (exact) mass is 436 g/mol. The Bertz CT molecular complexity index is 734. The van der Waals surface area contributed by atoms with Crippen LogP contribution in [0, 0.1) is 19.9 Å². The number of rotatable bonds is 2. The van der Waals surface area contributed by atoms with Gasteiger partial charge in [0.05, 0.1) is 11.4 Å². The van der Waals surface area contributed by atoms with Gasteiger partial charge in [-0.3, -0.25) is 0 Å². The van der Waals surface area contributed by atoms with E-state index in [0.717, 1.165) is 25.6 Å². The first-order chi connectivity index (χ1) is 12.8. The van der Waals surface area contributed by atoms with E-state index in [1.807, 2.05) is 24.3 Å². The molecule has 0 aromatic heterocycles. The number of hydrogen-bond donors (Lipinski definition) is 1. The van der Waals surface area contributed by atoms with Gasteiger partial charge in [-0.1, -0.05) is 19.1 Å². The molecule has 3 aliphatic rings. The number of piperidine rings is 1.